The third kappa shape index (κ3) is 3.65. The smallest absolute Gasteiger partial charge is 0.256 e. The quantitative estimate of drug-likeness (QED) is 0.678. The van der Waals surface area contributed by atoms with Gasteiger partial charge in [-0.25, -0.2) is 0 Å². The van der Waals surface area contributed by atoms with E-state index in [1.54, 1.807) is 6.92 Å². The molecule has 0 saturated carbocycles. The first-order valence-corrected chi connectivity index (χ1v) is 9.62. The van der Waals surface area contributed by atoms with E-state index in [4.69, 9.17) is 4.52 Å². The number of fused-ring (bicyclic) bond motifs is 1. The molecule has 26 heavy (non-hydrogen) atoms. The van der Waals surface area contributed by atoms with Gasteiger partial charge in [0, 0.05) is 17.5 Å². The van der Waals surface area contributed by atoms with Crippen molar-refractivity contribution in [1.29, 1.82) is 0 Å². The standard InChI is InChI=1S/C20H19N3O2S/c1-13-21-19(23-25-13)12-26-18-8-3-2-7-17(18)20(24)22-16-10-9-14-5-4-6-15(14)11-16/h2-3,7-11H,4-6,12H2,1H3,(H,22,24). The number of rotatable bonds is 5. The number of aromatic nitrogens is 2. The Morgan fingerprint density at radius 2 is 2.04 bits per heavy atom. The van der Waals surface area contributed by atoms with Crippen molar-refractivity contribution in [1.82, 2.24) is 10.1 Å². The Morgan fingerprint density at radius 1 is 1.19 bits per heavy atom. The largest absolute Gasteiger partial charge is 0.340 e. The summed E-state index contributed by atoms with van der Waals surface area (Å²) in [6.45, 7) is 1.76. The maximum absolute atomic E-state index is 12.8. The Labute approximate surface area is 156 Å². The van der Waals surface area contributed by atoms with Crippen molar-refractivity contribution in [2.45, 2.75) is 36.8 Å². The van der Waals surface area contributed by atoms with Gasteiger partial charge in [-0.1, -0.05) is 23.4 Å². The molecule has 0 fully saturated rings. The topological polar surface area (TPSA) is 68.0 Å². The summed E-state index contributed by atoms with van der Waals surface area (Å²) in [7, 11) is 0. The van der Waals surface area contributed by atoms with E-state index >= 15 is 0 Å². The second-order valence-corrected chi connectivity index (χ2v) is 7.32. The number of aryl methyl sites for hydroxylation is 3. The summed E-state index contributed by atoms with van der Waals surface area (Å²) in [6.07, 6.45) is 3.43. The summed E-state index contributed by atoms with van der Waals surface area (Å²) in [5, 5.41) is 6.93. The molecule has 0 radical (unpaired) electrons. The lowest BCUT2D eigenvalue weighted by Gasteiger charge is -2.10. The van der Waals surface area contributed by atoms with Crippen LogP contribution in [-0.4, -0.2) is 16.0 Å². The van der Waals surface area contributed by atoms with Crippen LogP contribution in [0.2, 0.25) is 0 Å². The SMILES string of the molecule is Cc1nc(CSc2ccccc2C(=O)Nc2ccc3c(c2)CCC3)no1. The molecule has 6 heteroatoms. The van der Waals surface area contributed by atoms with Crippen LogP contribution < -0.4 is 5.32 Å². The lowest BCUT2D eigenvalue weighted by atomic mass is 10.1. The molecule has 4 rings (SSSR count). The zero-order valence-corrected chi connectivity index (χ0v) is 15.3. The third-order valence-electron chi connectivity index (χ3n) is 4.41. The molecule has 0 spiro atoms. The molecule has 1 aromatic heterocycles. The highest BCUT2D eigenvalue weighted by atomic mass is 32.2. The molecular weight excluding hydrogens is 346 g/mol. The van der Waals surface area contributed by atoms with Gasteiger partial charge in [0.15, 0.2) is 5.82 Å². The molecule has 0 atom stereocenters. The average Bonchev–Trinajstić information content (AvgIpc) is 3.28. The third-order valence-corrected chi connectivity index (χ3v) is 5.48. The lowest BCUT2D eigenvalue weighted by Crippen LogP contribution is -2.13. The Kier molecular flexibility index (Phi) is 4.75. The van der Waals surface area contributed by atoms with E-state index in [1.165, 1.54) is 29.3 Å². The summed E-state index contributed by atoms with van der Waals surface area (Å²) < 4.78 is 4.99. The van der Waals surface area contributed by atoms with E-state index in [0.29, 0.717) is 23.0 Å². The molecule has 132 valence electrons. The minimum atomic E-state index is -0.102. The Hall–Kier alpha value is -2.60. The molecule has 0 bridgehead atoms. The van der Waals surface area contributed by atoms with Crippen LogP contribution in [0.1, 0.15) is 39.6 Å². The molecule has 5 nitrogen and oxygen atoms in total. The second-order valence-electron chi connectivity index (χ2n) is 6.31. The second kappa shape index (κ2) is 7.33. The molecule has 0 unspecified atom stereocenters. The van der Waals surface area contributed by atoms with E-state index in [1.807, 2.05) is 30.3 Å². The number of thioether (sulfide) groups is 1. The number of hydrogen-bond acceptors (Lipinski definition) is 5. The van der Waals surface area contributed by atoms with Crippen LogP contribution in [0.25, 0.3) is 0 Å². The van der Waals surface area contributed by atoms with Crippen LogP contribution in [0.15, 0.2) is 51.9 Å². The Balaban J connectivity index is 1.49. The molecule has 1 aliphatic rings. The van der Waals surface area contributed by atoms with Crippen LogP contribution in [0, 0.1) is 6.92 Å². The highest BCUT2D eigenvalue weighted by Crippen LogP contribution is 2.28. The molecule has 3 aromatic rings. The molecule has 1 amide bonds. The number of carbonyl (C=O) groups excluding carboxylic acids is 1. The highest BCUT2D eigenvalue weighted by Gasteiger charge is 2.15. The molecule has 2 aromatic carbocycles. The molecular formula is C20H19N3O2S. The van der Waals surface area contributed by atoms with Crippen molar-refractivity contribution in [2.24, 2.45) is 0 Å². The van der Waals surface area contributed by atoms with Crippen molar-refractivity contribution in [3.63, 3.8) is 0 Å². The van der Waals surface area contributed by atoms with Crippen LogP contribution >= 0.6 is 11.8 Å². The van der Waals surface area contributed by atoms with Crippen molar-refractivity contribution in [3.8, 4) is 0 Å². The van der Waals surface area contributed by atoms with Gasteiger partial charge >= 0.3 is 0 Å². The highest BCUT2D eigenvalue weighted by molar-refractivity contribution is 7.98. The van der Waals surface area contributed by atoms with E-state index in [0.717, 1.165) is 23.4 Å². The fraction of sp³-hybridized carbons (Fsp3) is 0.250. The predicted molar refractivity (Wildman–Crippen MR) is 101 cm³/mol. The van der Waals surface area contributed by atoms with E-state index < -0.39 is 0 Å². The number of nitrogens with zero attached hydrogens (tertiary/aromatic N) is 2. The minimum Gasteiger partial charge on any atom is -0.340 e. The van der Waals surface area contributed by atoms with E-state index in [9.17, 15) is 4.79 Å². The zero-order valence-electron chi connectivity index (χ0n) is 14.5. The monoisotopic (exact) mass is 365 g/mol. The molecule has 1 heterocycles. The van der Waals surface area contributed by atoms with Gasteiger partial charge < -0.3 is 9.84 Å². The van der Waals surface area contributed by atoms with Crippen LogP contribution in [-0.2, 0) is 18.6 Å². The molecule has 1 aliphatic carbocycles. The number of amides is 1. The predicted octanol–water partition coefficient (Wildman–Crippen LogP) is 4.41. The van der Waals surface area contributed by atoms with Gasteiger partial charge in [-0.05, 0) is 54.7 Å². The van der Waals surface area contributed by atoms with Gasteiger partial charge in [0.2, 0.25) is 5.89 Å². The van der Waals surface area contributed by atoms with E-state index in [-0.39, 0.29) is 5.91 Å². The summed E-state index contributed by atoms with van der Waals surface area (Å²) in [5.41, 5.74) is 4.25. The summed E-state index contributed by atoms with van der Waals surface area (Å²) >= 11 is 1.53. The van der Waals surface area contributed by atoms with Gasteiger partial charge in [0.05, 0.1) is 11.3 Å². The molecule has 0 aliphatic heterocycles. The maximum Gasteiger partial charge on any atom is 0.256 e. The fourth-order valence-electron chi connectivity index (χ4n) is 3.17. The first-order chi connectivity index (χ1) is 12.7. The number of nitrogens with one attached hydrogen (secondary N) is 1. The Bertz CT molecular complexity index is 952. The van der Waals surface area contributed by atoms with Crippen molar-refractivity contribution in [2.75, 3.05) is 5.32 Å². The number of benzene rings is 2. The maximum atomic E-state index is 12.8. The van der Waals surface area contributed by atoms with Crippen LogP contribution in [0.4, 0.5) is 5.69 Å². The van der Waals surface area contributed by atoms with Gasteiger partial charge in [0.25, 0.3) is 5.91 Å². The first kappa shape index (κ1) is 16.8. The normalized spacial score (nSPS) is 12.8. The summed E-state index contributed by atoms with van der Waals surface area (Å²) in [4.78, 5) is 17.9. The number of hydrogen-bond donors (Lipinski definition) is 1. The van der Waals surface area contributed by atoms with Crippen LogP contribution in [0.3, 0.4) is 0 Å². The number of anilines is 1. The zero-order chi connectivity index (χ0) is 17.9. The first-order valence-electron chi connectivity index (χ1n) is 8.63. The van der Waals surface area contributed by atoms with E-state index in [2.05, 4.69) is 27.6 Å². The van der Waals surface area contributed by atoms with Gasteiger partial charge in [-0.2, -0.15) is 4.98 Å². The number of carbonyl (C=O) groups is 1. The average molecular weight is 365 g/mol. The van der Waals surface area contributed by atoms with Crippen LogP contribution in [0.5, 0.6) is 0 Å². The summed E-state index contributed by atoms with van der Waals surface area (Å²) in [5.74, 6) is 1.63. The molecule has 1 N–H and O–H groups in total. The Morgan fingerprint density at radius 3 is 2.88 bits per heavy atom. The molecule has 0 saturated heterocycles. The fourth-order valence-corrected chi connectivity index (χ4v) is 4.06. The minimum absolute atomic E-state index is 0.102. The van der Waals surface area contributed by atoms with Gasteiger partial charge in [-0.3, -0.25) is 4.79 Å². The van der Waals surface area contributed by atoms with Crippen molar-refractivity contribution in [3.05, 3.63) is 70.9 Å². The van der Waals surface area contributed by atoms with Crippen molar-refractivity contribution >= 4 is 23.4 Å². The summed E-state index contributed by atoms with van der Waals surface area (Å²) in [6, 6.07) is 13.8. The van der Waals surface area contributed by atoms with Gasteiger partial charge in [-0.15, -0.1) is 11.8 Å². The van der Waals surface area contributed by atoms with Crippen molar-refractivity contribution < 1.29 is 9.32 Å². The lowest BCUT2D eigenvalue weighted by molar-refractivity contribution is 0.102. The van der Waals surface area contributed by atoms with Gasteiger partial charge in [0.1, 0.15) is 0 Å².